The van der Waals surface area contributed by atoms with E-state index in [9.17, 15) is 0 Å². The molecule has 0 amide bonds. The fraction of sp³-hybridized carbons (Fsp3) is 0. The Bertz CT molecular complexity index is 737. The molecule has 0 fully saturated rings. The van der Waals surface area contributed by atoms with E-state index in [0.29, 0.717) is 32.5 Å². The van der Waals surface area contributed by atoms with Gasteiger partial charge in [0.25, 0.3) is 0 Å². The molecule has 2 aromatic rings. The predicted octanol–water partition coefficient (Wildman–Crippen LogP) is 2.64. The van der Waals surface area contributed by atoms with Gasteiger partial charge < -0.3 is 11.5 Å². The summed E-state index contributed by atoms with van der Waals surface area (Å²) >= 11 is 11.6. The molecule has 9 heteroatoms. The molecule has 7 nitrogen and oxygen atoms in total. The topological polar surface area (TPSA) is 125 Å². The van der Waals surface area contributed by atoms with Crippen LogP contribution < -0.4 is 22.3 Å². The second-order valence-corrected chi connectivity index (χ2v) is 5.53. The van der Waals surface area contributed by atoms with Crippen LogP contribution in [0.1, 0.15) is 11.1 Å². The van der Waals surface area contributed by atoms with Gasteiger partial charge in [-0.15, -0.1) is 0 Å². The molecule has 124 valence electrons. The van der Waals surface area contributed by atoms with Crippen molar-refractivity contribution in [2.45, 2.75) is 0 Å². The first-order chi connectivity index (χ1) is 11.5. The van der Waals surface area contributed by atoms with Crippen molar-refractivity contribution in [3.63, 3.8) is 0 Å². The molecule has 0 heterocycles. The highest BCUT2D eigenvalue weighted by Gasteiger charge is 1.98. The second-order valence-electron chi connectivity index (χ2n) is 4.66. The van der Waals surface area contributed by atoms with Crippen molar-refractivity contribution in [1.29, 1.82) is 5.41 Å². The van der Waals surface area contributed by atoms with Crippen LogP contribution in [-0.4, -0.2) is 18.4 Å². The highest BCUT2D eigenvalue weighted by atomic mass is 35.5. The van der Waals surface area contributed by atoms with Crippen LogP contribution in [0.15, 0.2) is 46.6 Å². The zero-order chi connectivity index (χ0) is 17.5. The third-order valence-electron chi connectivity index (χ3n) is 2.86. The molecule has 0 aliphatic carbocycles. The standard InChI is InChI=1S/C15H15Cl2N7/c16-11-3-1-9(13(18)5-11)7-21-23-15(20)24-22-8-10-2-4-12(17)6-14(10)19/h1-8H,18-19H2,(H3,20,23,24). The Kier molecular flexibility index (Phi) is 6.00. The summed E-state index contributed by atoms with van der Waals surface area (Å²) in [7, 11) is 0. The number of halogens is 2. The van der Waals surface area contributed by atoms with Gasteiger partial charge in [0.2, 0.25) is 5.96 Å². The Morgan fingerprint density at radius 3 is 1.67 bits per heavy atom. The van der Waals surface area contributed by atoms with Crippen molar-refractivity contribution in [1.82, 2.24) is 10.9 Å². The molecule has 0 saturated heterocycles. The van der Waals surface area contributed by atoms with E-state index < -0.39 is 0 Å². The maximum Gasteiger partial charge on any atom is 0.230 e. The van der Waals surface area contributed by atoms with Crippen LogP contribution in [-0.2, 0) is 0 Å². The SMILES string of the molecule is N=C(NN=Cc1ccc(Cl)cc1N)NN=Cc1ccc(Cl)cc1N. The molecule has 0 unspecified atom stereocenters. The van der Waals surface area contributed by atoms with Gasteiger partial charge in [0.1, 0.15) is 0 Å². The lowest BCUT2D eigenvalue weighted by Gasteiger charge is -2.03. The number of nitrogens with two attached hydrogens (primary N) is 2. The smallest absolute Gasteiger partial charge is 0.230 e. The first-order valence-electron chi connectivity index (χ1n) is 6.72. The minimum atomic E-state index is -0.123. The molecule has 2 aromatic carbocycles. The summed E-state index contributed by atoms with van der Waals surface area (Å²) in [6, 6.07) is 10.1. The normalized spacial score (nSPS) is 11.1. The number of benzene rings is 2. The lowest BCUT2D eigenvalue weighted by atomic mass is 10.2. The summed E-state index contributed by atoms with van der Waals surface area (Å²) < 4.78 is 0. The lowest BCUT2D eigenvalue weighted by Crippen LogP contribution is -2.29. The maximum atomic E-state index is 7.64. The number of nitrogens with zero attached hydrogens (tertiary/aromatic N) is 2. The van der Waals surface area contributed by atoms with Gasteiger partial charge >= 0.3 is 0 Å². The summed E-state index contributed by atoms with van der Waals surface area (Å²) in [5, 5.41) is 16.5. The summed E-state index contributed by atoms with van der Waals surface area (Å²) in [6.07, 6.45) is 2.95. The molecule has 0 radical (unpaired) electrons. The number of guanidine groups is 1. The molecular formula is C15H15Cl2N7. The zero-order valence-electron chi connectivity index (χ0n) is 12.4. The van der Waals surface area contributed by atoms with Crippen LogP contribution in [0.5, 0.6) is 0 Å². The minimum absolute atomic E-state index is 0.123. The molecule has 0 aliphatic rings. The van der Waals surface area contributed by atoms with Gasteiger partial charge in [0.15, 0.2) is 0 Å². The molecule has 0 aromatic heterocycles. The van der Waals surface area contributed by atoms with Crippen LogP contribution in [0.4, 0.5) is 11.4 Å². The highest BCUT2D eigenvalue weighted by Crippen LogP contribution is 2.16. The number of hydrogen-bond acceptors (Lipinski definition) is 5. The van der Waals surface area contributed by atoms with Crippen molar-refractivity contribution < 1.29 is 0 Å². The summed E-state index contributed by atoms with van der Waals surface area (Å²) in [6.45, 7) is 0. The number of rotatable bonds is 4. The molecule has 0 bridgehead atoms. The molecule has 24 heavy (non-hydrogen) atoms. The number of nitrogens with one attached hydrogen (secondary N) is 3. The van der Waals surface area contributed by atoms with E-state index >= 15 is 0 Å². The van der Waals surface area contributed by atoms with Crippen LogP contribution >= 0.6 is 23.2 Å². The number of nitrogen functional groups attached to an aromatic ring is 2. The first kappa shape index (κ1) is 17.6. The number of hydrazone groups is 2. The molecule has 0 saturated carbocycles. The fourth-order valence-corrected chi connectivity index (χ4v) is 2.05. The van der Waals surface area contributed by atoms with E-state index in [1.165, 1.54) is 12.4 Å². The van der Waals surface area contributed by atoms with Gasteiger partial charge in [-0.25, -0.2) is 10.9 Å². The third-order valence-corrected chi connectivity index (χ3v) is 3.33. The third kappa shape index (κ3) is 5.15. The fourth-order valence-electron chi connectivity index (χ4n) is 1.68. The Morgan fingerprint density at radius 1 is 0.875 bits per heavy atom. The Morgan fingerprint density at radius 2 is 1.29 bits per heavy atom. The first-order valence-corrected chi connectivity index (χ1v) is 7.48. The van der Waals surface area contributed by atoms with Crippen LogP contribution in [0, 0.1) is 5.41 Å². The van der Waals surface area contributed by atoms with Gasteiger partial charge in [0.05, 0.1) is 12.4 Å². The zero-order valence-corrected chi connectivity index (χ0v) is 13.9. The van der Waals surface area contributed by atoms with E-state index in [0.717, 1.165) is 0 Å². The predicted molar refractivity (Wildman–Crippen MR) is 101 cm³/mol. The molecule has 0 atom stereocenters. The number of hydrogen-bond donors (Lipinski definition) is 5. The van der Waals surface area contributed by atoms with Crippen molar-refractivity contribution >= 4 is 53.0 Å². The summed E-state index contributed by atoms with van der Waals surface area (Å²) in [4.78, 5) is 0. The maximum absolute atomic E-state index is 7.64. The van der Waals surface area contributed by atoms with Crippen LogP contribution in [0.2, 0.25) is 10.0 Å². The second kappa shape index (κ2) is 8.19. The highest BCUT2D eigenvalue weighted by molar-refractivity contribution is 6.31. The quantitative estimate of drug-likeness (QED) is 0.248. The lowest BCUT2D eigenvalue weighted by molar-refractivity contribution is 0.893. The molecule has 0 aliphatic heterocycles. The Hall–Kier alpha value is -2.77. The molecule has 2 rings (SSSR count). The largest absolute Gasteiger partial charge is 0.398 e. The Labute approximate surface area is 148 Å². The van der Waals surface area contributed by atoms with Crippen LogP contribution in [0.25, 0.3) is 0 Å². The van der Waals surface area contributed by atoms with Crippen molar-refractivity contribution in [2.24, 2.45) is 10.2 Å². The van der Waals surface area contributed by atoms with E-state index in [4.69, 9.17) is 40.1 Å². The van der Waals surface area contributed by atoms with Crippen molar-refractivity contribution in [3.05, 3.63) is 57.6 Å². The molecular weight excluding hydrogens is 349 g/mol. The van der Waals surface area contributed by atoms with E-state index in [2.05, 4.69) is 21.1 Å². The molecule has 0 spiro atoms. The Balaban J connectivity index is 1.87. The van der Waals surface area contributed by atoms with Crippen LogP contribution in [0.3, 0.4) is 0 Å². The van der Waals surface area contributed by atoms with Gasteiger partial charge in [-0.2, -0.15) is 10.2 Å². The minimum Gasteiger partial charge on any atom is -0.398 e. The molecule has 7 N–H and O–H groups in total. The summed E-state index contributed by atoms with van der Waals surface area (Å²) in [5.41, 5.74) is 18.9. The van der Waals surface area contributed by atoms with E-state index in [1.54, 1.807) is 36.4 Å². The van der Waals surface area contributed by atoms with E-state index in [1.807, 2.05) is 0 Å². The average Bonchev–Trinajstić information content (AvgIpc) is 2.51. The number of anilines is 2. The van der Waals surface area contributed by atoms with Gasteiger partial charge in [0, 0.05) is 32.5 Å². The van der Waals surface area contributed by atoms with Crippen molar-refractivity contribution in [3.8, 4) is 0 Å². The van der Waals surface area contributed by atoms with Gasteiger partial charge in [-0.1, -0.05) is 23.2 Å². The monoisotopic (exact) mass is 363 g/mol. The van der Waals surface area contributed by atoms with Gasteiger partial charge in [-0.3, -0.25) is 5.41 Å². The van der Waals surface area contributed by atoms with Crippen molar-refractivity contribution in [2.75, 3.05) is 11.5 Å². The average molecular weight is 364 g/mol. The summed E-state index contributed by atoms with van der Waals surface area (Å²) in [5.74, 6) is -0.123. The van der Waals surface area contributed by atoms with Gasteiger partial charge in [-0.05, 0) is 36.4 Å². The van der Waals surface area contributed by atoms with E-state index in [-0.39, 0.29) is 5.96 Å².